The number of aryl methyl sites for hydroxylation is 2. The van der Waals surface area contributed by atoms with Crippen molar-refractivity contribution in [2.75, 3.05) is 17.2 Å². The van der Waals surface area contributed by atoms with Crippen molar-refractivity contribution < 1.29 is 19.1 Å². The lowest BCUT2D eigenvalue weighted by atomic mass is 10.2. The smallest absolute Gasteiger partial charge is 0.306 e. The highest BCUT2D eigenvalue weighted by atomic mass is 35.5. The molecule has 0 aromatic heterocycles. The summed E-state index contributed by atoms with van der Waals surface area (Å²) in [7, 11) is 0. The molecule has 0 saturated carbocycles. The van der Waals surface area contributed by atoms with E-state index in [-0.39, 0.29) is 18.7 Å². The number of benzene rings is 2. The number of carbonyl (C=O) groups excluding carboxylic acids is 3. The molecule has 2 aromatic carbocycles. The Balaban J connectivity index is 1.70. The van der Waals surface area contributed by atoms with E-state index in [0.29, 0.717) is 16.4 Å². The normalized spacial score (nSPS) is 10.2. The number of halogens is 1. The number of rotatable bonds is 7. The zero-order chi connectivity index (χ0) is 19.8. The van der Waals surface area contributed by atoms with Crippen molar-refractivity contribution in [3.8, 4) is 0 Å². The van der Waals surface area contributed by atoms with E-state index in [1.54, 1.807) is 24.3 Å². The predicted octanol–water partition coefficient (Wildman–Crippen LogP) is 3.86. The minimum atomic E-state index is -0.618. The fourth-order valence-corrected chi connectivity index (χ4v) is 2.41. The zero-order valence-electron chi connectivity index (χ0n) is 15.2. The minimum absolute atomic E-state index is 0.0254. The van der Waals surface area contributed by atoms with Crippen LogP contribution in [-0.2, 0) is 19.1 Å². The van der Waals surface area contributed by atoms with Crippen molar-refractivity contribution in [1.82, 2.24) is 0 Å². The van der Waals surface area contributed by atoms with Crippen LogP contribution in [0.5, 0.6) is 0 Å². The molecule has 0 radical (unpaired) electrons. The van der Waals surface area contributed by atoms with Crippen LogP contribution in [0.4, 0.5) is 11.4 Å². The van der Waals surface area contributed by atoms with E-state index in [2.05, 4.69) is 10.6 Å². The third kappa shape index (κ3) is 6.75. The summed E-state index contributed by atoms with van der Waals surface area (Å²) in [6, 6.07) is 12.5. The lowest BCUT2D eigenvalue weighted by molar-refractivity contribution is -0.147. The highest BCUT2D eigenvalue weighted by molar-refractivity contribution is 6.31. The number of hydrogen-bond donors (Lipinski definition) is 2. The Labute approximate surface area is 162 Å². The molecule has 2 rings (SSSR count). The van der Waals surface area contributed by atoms with Crippen LogP contribution in [0.1, 0.15) is 24.0 Å². The van der Waals surface area contributed by atoms with Gasteiger partial charge in [0.1, 0.15) is 0 Å². The Kier molecular flexibility index (Phi) is 7.37. The molecule has 0 fully saturated rings. The van der Waals surface area contributed by atoms with Gasteiger partial charge < -0.3 is 15.4 Å². The molecule has 0 aliphatic rings. The predicted molar refractivity (Wildman–Crippen MR) is 105 cm³/mol. The number of amides is 2. The Bertz CT molecular complexity index is 852. The molecular weight excluding hydrogens is 368 g/mol. The van der Waals surface area contributed by atoms with Crippen molar-refractivity contribution in [3.63, 3.8) is 0 Å². The molecule has 0 spiro atoms. The molecule has 0 aliphatic carbocycles. The zero-order valence-corrected chi connectivity index (χ0v) is 15.9. The van der Waals surface area contributed by atoms with Gasteiger partial charge in [0, 0.05) is 22.8 Å². The lowest BCUT2D eigenvalue weighted by Gasteiger charge is -2.09. The van der Waals surface area contributed by atoms with Crippen LogP contribution in [0.3, 0.4) is 0 Å². The highest BCUT2D eigenvalue weighted by Gasteiger charge is 2.12. The second kappa shape index (κ2) is 9.73. The molecule has 2 aromatic rings. The lowest BCUT2D eigenvalue weighted by Crippen LogP contribution is -2.21. The van der Waals surface area contributed by atoms with E-state index in [9.17, 15) is 14.4 Å². The molecule has 0 bridgehead atoms. The standard InChI is InChI=1S/C20H21ClN2O4/c1-13-7-8-15(11-16(13)21)22-19(25)12-27-20(26)10-9-18(24)23-17-6-4-3-5-14(17)2/h3-8,11H,9-10,12H2,1-2H3,(H,22,25)(H,23,24). The number of carbonyl (C=O) groups is 3. The summed E-state index contributed by atoms with van der Waals surface area (Å²) in [4.78, 5) is 35.4. The highest BCUT2D eigenvalue weighted by Crippen LogP contribution is 2.19. The van der Waals surface area contributed by atoms with Crippen molar-refractivity contribution in [2.24, 2.45) is 0 Å². The quantitative estimate of drug-likeness (QED) is 0.705. The summed E-state index contributed by atoms with van der Waals surface area (Å²) in [6.07, 6.45) is -0.135. The van der Waals surface area contributed by atoms with Gasteiger partial charge in [-0.2, -0.15) is 0 Å². The first-order valence-electron chi connectivity index (χ1n) is 8.42. The van der Waals surface area contributed by atoms with Gasteiger partial charge in [-0.1, -0.05) is 35.9 Å². The van der Waals surface area contributed by atoms with E-state index < -0.39 is 18.5 Å². The molecule has 0 aliphatic heterocycles. The molecule has 27 heavy (non-hydrogen) atoms. The van der Waals surface area contributed by atoms with Crippen LogP contribution in [0.25, 0.3) is 0 Å². The van der Waals surface area contributed by atoms with E-state index in [4.69, 9.17) is 16.3 Å². The number of nitrogens with one attached hydrogen (secondary N) is 2. The monoisotopic (exact) mass is 388 g/mol. The summed E-state index contributed by atoms with van der Waals surface area (Å²) in [5.41, 5.74) is 3.04. The van der Waals surface area contributed by atoms with Gasteiger partial charge in [-0.15, -0.1) is 0 Å². The van der Waals surface area contributed by atoms with Gasteiger partial charge >= 0.3 is 5.97 Å². The molecule has 0 unspecified atom stereocenters. The molecular formula is C20H21ClN2O4. The van der Waals surface area contributed by atoms with Crippen molar-refractivity contribution >= 4 is 40.8 Å². The fourth-order valence-electron chi connectivity index (χ4n) is 2.23. The maximum atomic E-state index is 11.9. The number of hydrogen-bond acceptors (Lipinski definition) is 4. The van der Waals surface area contributed by atoms with Crippen molar-refractivity contribution in [1.29, 1.82) is 0 Å². The molecule has 2 N–H and O–H groups in total. The van der Waals surface area contributed by atoms with Gasteiger partial charge in [0.15, 0.2) is 6.61 Å². The van der Waals surface area contributed by atoms with Crippen LogP contribution in [0.2, 0.25) is 5.02 Å². The Morgan fingerprint density at radius 1 is 0.926 bits per heavy atom. The van der Waals surface area contributed by atoms with E-state index in [0.717, 1.165) is 11.1 Å². The average Bonchev–Trinajstić information content (AvgIpc) is 2.63. The molecule has 7 heteroatoms. The summed E-state index contributed by atoms with van der Waals surface area (Å²) >= 11 is 5.99. The minimum Gasteiger partial charge on any atom is -0.456 e. The summed E-state index contributed by atoms with van der Waals surface area (Å²) in [6.45, 7) is 3.30. The van der Waals surface area contributed by atoms with Gasteiger partial charge in [0.25, 0.3) is 5.91 Å². The fraction of sp³-hybridized carbons (Fsp3) is 0.250. The molecule has 2 amide bonds. The first-order valence-corrected chi connectivity index (χ1v) is 8.80. The maximum absolute atomic E-state index is 11.9. The third-order valence-electron chi connectivity index (χ3n) is 3.80. The van der Waals surface area contributed by atoms with E-state index in [1.165, 1.54) is 0 Å². The first-order chi connectivity index (χ1) is 12.8. The Morgan fingerprint density at radius 2 is 1.67 bits per heavy atom. The first kappa shape index (κ1) is 20.5. The third-order valence-corrected chi connectivity index (χ3v) is 4.20. The van der Waals surface area contributed by atoms with Crippen LogP contribution in [-0.4, -0.2) is 24.4 Å². The summed E-state index contributed by atoms with van der Waals surface area (Å²) in [5, 5.41) is 5.86. The second-order valence-electron chi connectivity index (χ2n) is 6.04. The van der Waals surface area contributed by atoms with Crippen LogP contribution < -0.4 is 10.6 Å². The molecule has 0 saturated heterocycles. The van der Waals surface area contributed by atoms with Gasteiger partial charge in [-0.3, -0.25) is 14.4 Å². The van der Waals surface area contributed by atoms with Gasteiger partial charge in [0.05, 0.1) is 6.42 Å². The number of para-hydroxylation sites is 1. The molecule has 0 atom stereocenters. The maximum Gasteiger partial charge on any atom is 0.306 e. The number of ether oxygens (including phenoxy) is 1. The van der Waals surface area contributed by atoms with Crippen molar-refractivity contribution in [2.45, 2.75) is 26.7 Å². The number of esters is 1. The summed E-state index contributed by atoms with van der Waals surface area (Å²) < 4.78 is 4.89. The van der Waals surface area contributed by atoms with Crippen molar-refractivity contribution in [3.05, 3.63) is 58.6 Å². The number of anilines is 2. The van der Waals surface area contributed by atoms with E-state index >= 15 is 0 Å². The topological polar surface area (TPSA) is 84.5 Å². The van der Waals surface area contributed by atoms with Gasteiger partial charge in [-0.05, 0) is 43.2 Å². The second-order valence-corrected chi connectivity index (χ2v) is 6.44. The summed E-state index contributed by atoms with van der Waals surface area (Å²) in [5.74, 6) is -1.39. The molecule has 6 nitrogen and oxygen atoms in total. The SMILES string of the molecule is Cc1ccc(NC(=O)COC(=O)CCC(=O)Nc2ccccc2C)cc1Cl. The van der Waals surface area contributed by atoms with Gasteiger partial charge in [0.2, 0.25) is 5.91 Å². The average molecular weight is 389 g/mol. The van der Waals surface area contributed by atoms with Crippen LogP contribution >= 0.6 is 11.6 Å². The Morgan fingerprint density at radius 3 is 2.37 bits per heavy atom. The van der Waals surface area contributed by atoms with Crippen LogP contribution in [0, 0.1) is 13.8 Å². The van der Waals surface area contributed by atoms with E-state index in [1.807, 2.05) is 32.0 Å². The largest absolute Gasteiger partial charge is 0.456 e. The van der Waals surface area contributed by atoms with Gasteiger partial charge in [-0.25, -0.2) is 0 Å². The molecule has 0 heterocycles. The Hall–Kier alpha value is -2.86. The molecule has 142 valence electrons. The van der Waals surface area contributed by atoms with Crippen LogP contribution in [0.15, 0.2) is 42.5 Å².